The number of carbonyl (C=O) groups excluding carboxylic acids is 3. The van der Waals surface area contributed by atoms with Crippen LogP contribution in [-0.2, 0) is 27.2 Å². The quantitative estimate of drug-likeness (QED) is 0.393. The van der Waals surface area contributed by atoms with Crippen LogP contribution in [0.5, 0.6) is 0 Å². The van der Waals surface area contributed by atoms with E-state index in [-0.39, 0.29) is 18.6 Å². The molecular formula is C26H25F9N4O4. The van der Waals surface area contributed by atoms with Crippen molar-refractivity contribution in [3.8, 4) is 0 Å². The standard InChI is InChI=1S/C22H25F3N4O2.C4F6O2/c23-22(24,25)17-3-5-18(6-4-17)29-9-1-2-20(29)21(31)28-12-10-27(11-13-28)19-7-8-26-14-16(19)15-30;5-3(6,7)1(11)2(12)4(8,9)10/h3-8,14,20,30H,1-2,9-13,15H2;/t20-;/m0./s1. The second-order valence-electron chi connectivity index (χ2n) is 9.52. The minimum absolute atomic E-state index is 0.0224. The summed E-state index contributed by atoms with van der Waals surface area (Å²) in [6.45, 7) is 2.98. The van der Waals surface area contributed by atoms with Gasteiger partial charge in [-0.2, -0.15) is 39.5 Å². The average molecular weight is 628 g/mol. The van der Waals surface area contributed by atoms with Gasteiger partial charge in [0.1, 0.15) is 6.04 Å². The molecule has 2 saturated heterocycles. The van der Waals surface area contributed by atoms with Crippen molar-refractivity contribution in [2.75, 3.05) is 42.5 Å². The maximum atomic E-state index is 13.2. The number of aliphatic hydroxyl groups is 1. The summed E-state index contributed by atoms with van der Waals surface area (Å²) >= 11 is 0. The molecule has 1 N–H and O–H groups in total. The van der Waals surface area contributed by atoms with Gasteiger partial charge in [0.2, 0.25) is 5.91 Å². The van der Waals surface area contributed by atoms with Gasteiger partial charge in [-0.25, -0.2) is 0 Å². The van der Waals surface area contributed by atoms with Crippen LogP contribution >= 0.6 is 0 Å². The molecule has 1 atom stereocenters. The Bertz CT molecular complexity index is 1270. The van der Waals surface area contributed by atoms with Gasteiger partial charge in [-0.3, -0.25) is 19.4 Å². The number of pyridine rings is 1. The predicted molar refractivity (Wildman–Crippen MR) is 133 cm³/mol. The zero-order chi connectivity index (χ0) is 32.2. The topological polar surface area (TPSA) is 94.1 Å². The molecular weight excluding hydrogens is 603 g/mol. The van der Waals surface area contributed by atoms with Crippen molar-refractivity contribution in [2.24, 2.45) is 0 Å². The molecule has 1 aromatic heterocycles. The number of benzene rings is 1. The first kappa shape index (κ1) is 33.6. The van der Waals surface area contributed by atoms with E-state index in [4.69, 9.17) is 0 Å². The number of aliphatic hydroxyl groups excluding tert-OH is 1. The molecule has 236 valence electrons. The summed E-state index contributed by atoms with van der Waals surface area (Å²) in [5, 5.41) is 9.53. The fraction of sp³-hybridized carbons (Fsp3) is 0.462. The van der Waals surface area contributed by atoms with Crippen LogP contribution in [0.1, 0.15) is 24.0 Å². The van der Waals surface area contributed by atoms with Crippen LogP contribution in [0.3, 0.4) is 0 Å². The van der Waals surface area contributed by atoms with Crippen LogP contribution in [-0.4, -0.2) is 83.6 Å². The van der Waals surface area contributed by atoms with Gasteiger partial charge in [0.15, 0.2) is 0 Å². The van der Waals surface area contributed by atoms with Gasteiger partial charge in [0.25, 0.3) is 0 Å². The summed E-state index contributed by atoms with van der Waals surface area (Å²) in [4.78, 5) is 42.4. The van der Waals surface area contributed by atoms with Crippen molar-refractivity contribution in [2.45, 2.75) is 44.0 Å². The molecule has 3 heterocycles. The van der Waals surface area contributed by atoms with Crippen LogP contribution in [0, 0.1) is 0 Å². The number of anilines is 2. The molecule has 43 heavy (non-hydrogen) atoms. The maximum absolute atomic E-state index is 13.2. The maximum Gasteiger partial charge on any atom is 0.458 e. The van der Waals surface area contributed by atoms with Gasteiger partial charge in [-0.1, -0.05) is 0 Å². The van der Waals surface area contributed by atoms with Gasteiger partial charge < -0.3 is 19.8 Å². The van der Waals surface area contributed by atoms with E-state index in [1.807, 2.05) is 15.9 Å². The normalized spacial score (nSPS) is 17.8. The molecule has 0 bridgehead atoms. The molecule has 2 fully saturated rings. The number of aromatic nitrogens is 1. The number of amides is 1. The van der Waals surface area contributed by atoms with Gasteiger partial charge in [0.05, 0.1) is 12.2 Å². The van der Waals surface area contributed by atoms with E-state index in [9.17, 15) is 59.0 Å². The van der Waals surface area contributed by atoms with Gasteiger partial charge >= 0.3 is 30.1 Å². The Morgan fingerprint density at radius 3 is 1.86 bits per heavy atom. The lowest BCUT2D eigenvalue weighted by Crippen LogP contribution is -2.54. The summed E-state index contributed by atoms with van der Waals surface area (Å²) in [6.07, 6.45) is -11.1. The molecule has 4 rings (SSSR count). The highest BCUT2D eigenvalue weighted by molar-refractivity contribution is 6.41. The summed E-state index contributed by atoms with van der Waals surface area (Å²) in [6, 6.07) is 6.56. The molecule has 0 radical (unpaired) electrons. The second-order valence-corrected chi connectivity index (χ2v) is 9.52. The van der Waals surface area contributed by atoms with E-state index in [2.05, 4.69) is 9.88 Å². The minimum Gasteiger partial charge on any atom is -0.392 e. The summed E-state index contributed by atoms with van der Waals surface area (Å²) in [5.74, 6) is -6.79. The lowest BCUT2D eigenvalue weighted by molar-refractivity contribution is -0.193. The zero-order valence-electron chi connectivity index (χ0n) is 22.1. The Balaban J connectivity index is 0.000000359. The number of halogens is 9. The third kappa shape index (κ3) is 8.36. The molecule has 0 spiro atoms. The number of carbonyl (C=O) groups is 3. The molecule has 0 aliphatic carbocycles. The lowest BCUT2D eigenvalue weighted by atomic mass is 10.1. The van der Waals surface area contributed by atoms with Crippen LogP contribution in [0.2, 0.25) is 0 Å². The van der Waals surface area contributed by atoms with Gasteiger partial charge in [-0.05, 0) is 43.2 Å². The van der Waals surface area contributed by atoms with Crippen molar-refractivity contribution >= 4 is 28.8 Å². The average Bonchev–Trinajstić information content (AvgIpc) is 3.45. The van der Waals surface area contributed by atoms with E-state index >= 15 is 0 Å². The smallest absolute Gasteiger partial charge is 0.392 e. The number of piperazine rings is 1. The number of nitrogens with zero attached hydrogens (tertiary/aromatic N) is 4. The predicted octanol–water partition coefficient (Wildman–Crippen LogP) is 4.16. The Labute approximate surface area is 238 Å². The van der Waals surface area contributed by atoms with E-state index in [0.29, 0.717) is 44.8 Å². The van der Waals surface area contributed by atoms with E-state index in [1.165, 1.54) is 12.1 Å². The molecule has 0 unspecified atom stereocenters. The first-order valence-corrected chi connectivity index (χ1v) is 12.7. The molecule has 1 amide bonds. The minimum atomic E-state index is -5.77. The van der Waals surface area contributed by atoms with Crippen LogP contribution < -0.4 is 9.80 Å². The first-order chi connectivity index (χ1) is 19.9. The third-order valence-corrected chi connectivity index (χ3v) is 6.77. The fourth-order valence-electron chi connectivity index (χ4n) is 4.66. The third-order valence-electron chi connectivity index (χ3n) is 6.77. The highest BCUT2D eigenvalue weighted by Crippen LogP contribution is 2.33. The summed E-state index contributed by atoms with van der Waals surface area (Å²) in [7, 11) is 0. The Hall–Kier alpha value is -3.89. The Morgan fingerprint density at radius 1 is 0.814 bits per heavy atom. The number of alkyl halides is 9. The Kier molecular flexibility index (Phi) is 10.3. The van der Waals surface area contributed by atoms with Crippen LogP contribution in [0.15, 0.2) is 42.7 Å². The van der Waals surface area contributed by atoms with Crippen molar-refractivity contribution in [1.29, 1.82) is 0 Å². The molecule has 2 aromatic rings. The van der Waals surface area contributed by atoms with Crippen LogP contribution in [0.4, 0.5) is 50.9 Å². The highest BCUT2D eigenvalue weighted by atomic mass is 19.4. The summed E-state index contributed by atoms with van der Waals surface area (Å²) < 4.78 is 106. The molecule has 1 aromatic carbocycles. The second kappa shape index (κ2) is 13.2. The molecule has 2 aliphatic rings. The van der Waals surface area contributed by atoms with Crippen LogP contribution in [0.25, 0.3) is 0 Å². The number of hydrogen-bond acceptors (Lipinski definition) is 7. The van der Waals surface area contributed by atoms with Gasteiger partial charge in [-0.15, -0.1) is 0 Å². The summed E-state index contributed by atoms with van der Waals surface area (Å²) in [5.41, 5.74) is 1.64. The monoisotopic (exact) mass is 628 g/mol. The van der Waals surface area contributed by atoms with E-state index < -0.39 is 35.7 Å². The van der Waals surface area contributed by atoms with Crippen molar-refractivity contribution < 1.29 is 59.0 Å². The SMILES string of the molecule is O=C(C(=O)C(F)(F)F)C(F)(F)F.O=C([C@@H]1CCCN1c1ccc(C(F)(F)F)cc1)N1CCN(c2ccncc2CO)CC1. The molecule has 17 heteroatoms. The van der Waals surface area contributed by atoms with Gasteiger partial charge in [0, 0.05) is 62.1 Å². The van der Waals surface area contributed by atoms with Crippen molar-refractivity contribution in [3.63, 3.8) is 0 Å². The number of rotatable bonds is 5. The highest BCUT2D eigenvalue weighted by Gasteiger charge is 2.54. The molecule has 8 nitrogen and oxygen atoms in total. The van der Waals surface area contributed by atoms with E-state index in [1.54, 1.807) is 12.4 Å². The first-order valence-electron chi connectivity index (χ1n) is 12.7. The largest absolute Gasteiger partial charge is 0.458 e. The molecule has 0 saturated carbocycles. The number of hydrogen-bond donors (Lipinski definition) is 1. The van der Waals surface area contributed by atoms with Crippen molar-refractivity contribution in [1.82, 2.24) is 9.88 Å². The lowest BCUT2D eigenvalue weighted by Gasteiger charge is -2.39. The fourth-order valence-corrected chi connectivity index (χ4v) is 4.66. The van der Waals surface area contributed by atoms with E-state index in [0.717, 1.165) is 29.8 Å². The number of ketones is 2. The zero-order valence-corrected chi connectivity index (χ0v) is 22.1. The number of Topliss-reactive ketones (excluding diaryl/α,β-unsaturated/α-hetero) is 2. The Morgan fingerprint density at radius 2 is 1.37 bits per heavy atom. The van der Waals surface area contributed by atoms with Crippen molar-refractivity contribution in [3.05, 3.63) is 53.9 Å². The molecule has 2 aliphatic heterocycles.